The highest BCUT2D eigenvalue weighted by atomic mass is 35.5. The summed E-state index contributed by atoms with van der Waals surface area (Å²) in [6, 6.07) is 0.577. The first-order chi connectivity index (χ1) is 9.16. The Kier molecular flexibility index (Phi) is 3.63. The molecule has 1 saturated heterocycles. The SMILES string of the molecule is Cc1c(Cl)nnc2c1CCCN2[C@@H]1CCCN(C)C1. The Morgan fingerprint density at radius 2 is 2.05 bits per heavy atom. The molecule has 1 atom stereocenters. The summed E-state index contributed by atoms with van der Waals surface area (Å²) in [5, 5.41) is 9.06. The van der Waals surface area contributed by atoms with Crippen LogP contribution in [-0.2, 0) is 6.42 Å². The molecule has 0 aliphatic carbocycles. The molecule has 3 heterocycles. The number of hydrogen-bond acceptors (Lipinski definition) is 4. The van der Waals surface area contributed by atoms with Gasteiger partial charge < -0.3 is 9.80 Å². The average Bonchev–Trinajstić information content (AvgIpc) is 2.42. The van der Waals surface area contributed by atoms with Crippen LogP contribution in [0, 0.1) is 6.92 Å². The highest BCUT2D eigenvalue weighted by molar-refractivity contribution is 6.30. The number of halogens is 1. The lowest BCUT2D eigenvalue weighted by Gasteiger charge is -2.41. The molecule has 3 rings (SSSR count). The third kappa shape index (κ3) is 2.43. The third-order valence-electron chi connectivity index (χ3n) is 4.40. The Morgan fingerprint density at radius 1 is 1.21 bits per heavy atom. The van der Waals surface area contributed by atoms with Gasteiger partial charge >= 0.3 is 0 Å². The van der Waals surface area contributed by atoms with Gasteiger partial charge in [0.2, 0.25) is 0 Å². The number of likely N-dealkylation sites (tertiary alicyclic amines) is 1. The van der Waals surface area contributed by atoms with E-state index in [1.807, 2.05) is 0 Å². The molecule has 0 bridgehead atoms. The van der Waals surface area contributed by atoms with Crippen LogP contribution in [0.2, 0.25) is 5.15 Å². The second kappa shape index (κ2) is 5.25. The van der Waals surface area contributed by atoms with Crippen molar-refractivity contribution in [1.29, 1.82) is 0 Å². The summed E-state index contributed by atoms with van der Waals surface area (Å²) < 4.78 is 0. The first-order valence-electron chi connectivity index (χ1n) is 7.13. The summed E-state index contributed by atoms with van der Waals surface area (Å²) in [6.07, 6.45) is 4.80. The van der Waals surface area contributed by atoms with E-state index < -0.39 is 0 Å². The summed E-state index contributed by atoms with van der Waals surface area (Å²) in [5.74, 6) is 1.08. The zero-order chi connectivity index (χ0) is 13.4. The molecule has 2 aliphatic rings. The van der Waals surface area contributed by atoms with Crippen LogP contribution in [0.1, 0.15) is 30.4 Å². The van der Waals surface area contributed by atoms with Crippen molar-refractivity contribution in [2.75, 3.05) is 31.6 Å². The van der Waals surface area contributed by atoms with Gasteiger partial charge in [-0.15, -0.1) is 10.2 Å². The van der Waals surface area contributed by atoms with Gasteiger partial charge in [0, 0.05) is 24.7 Å². The van der Waals surface area contributed by atoms with Gasteiger partial charge in [0.05, 0.1) is 0 Å². The van der Waals surface area contributed by atoms with E-state index in [0.717, 1.165) is 30.9 Å². The molecule has 0 aromatic carbocycles. The zero-order valence-corrected chi connectivity index (χ0v) is 12.4. The molecule has 0 unspecified atom stereocenters. The van der Waals surface area contributed by atoms with Gasteiger partial charge in [-0.1, -0.05) is 11.6 Å². The van der Waals surface area contributed by atoms with Crippen molar-refractivity contribution < 1.29 is 0 Å². The molecule has 1 fully saturated rings. The minimum absolute atomic E-state index is 0.557. The summed E-state index contributed by atoms with van der Waals surface area (Å²) >= 11 is 6.10. The molecule has 2 aliphatic heterocycles. The van der Waals surface area contributed by atoms with Crippen molar-refractivity contribution in [2.45, 2.75) is 38.6 Å². The van der Waals surface area contributed by atoms with Gasteiger partial charge in [0.15, 0.2) is 11.0 Å². The number of piperidine rings is 1. The second-order valence-corrected chi connectivity index (χ2v) is 6.13. The van der Waals surface area contributed by atoms with E-state index >= 15 is 0 Å². The van der Waals surface area contributed by atoms with Gasteiger partial charge in [0.1, 0.15) is 0 Å². The molecule has 1 aromatic rings. The quantitative estimate of drug-likeness (QED) is 0.790. The minimum Gasteiger partial charge on any atom is -0.351 e. The molecular formula is C14H21ClN4. The van der Waals surface area contributed by atoms with Crippen LogP contribution in [0.5, 0.6) is 0 Å². The first kappa shape index (κ1) is 13.1. The van der Waals surface area contributed by atoms with E-state index in [2.05, 4.69) is 34.0 Å². The van der Waals surface area contributed by atoms with Crippen LogP contribution < -0.4 is 4.90 Å². The van der Waals surface area contributed by atoms with Crippen molar-refractivity contribution in [2.24, 2.45) is 0 Å². The lowest BCUT2D eigenvalue weighted by molar-refractivity contribution is 0.242. The van der Waals surface area contributed by atoms with Gasteiger partial charge in [0.25, 0.3) is 0 Å². The van der Waals surface area contributed by atoms with Gasteiger partial charge in [-0.3, -0.25) is 0 Å². The van der Waals surface area contributed by atoms with Crippen molar-refractivity contribution in [3.8, 4) is 0 Å². The van der Waals surface area contributed by atoms with E-state index in [-0.39, 0.29) is 0 Å². The lowest BCUT2D eigenvalue weighted by atomic mass is 9.97. The molecule has 1 aromatic heterocycles. The number of rotatable bonds is 1. The van der Waals surface area contributed by atoms with E-state index in [1.54, 1.807) is 0 Å². The van der Waals surface area contributed by atoms with Crippen molar-refractivity contribution in [1.82, 2.24) is 15.1 Å². The van der Waals surface area contributed by atoms with E-state index in [4.69, 9.17) is 11.6 Å². The van der Waals surface area contributed by atoms with Gasteiger partial charge in [-0.2, -0.15) is 0 Å². The van der Waals surface area contributed by atoms with E-state index in [1.165, 1.54) is 31.4 Å². The van der Waals surface area contributed by atoms with Gasteiger partial charge in [-0.25, -0.2) is 0 Å². The molecule has 5 heteroatoms. The molecule has 0 N–H and O–H groups in total. The van der Waals surface area contributed by atoms with Gasteiger partial charge in [-0.05, 0) is 51.8 Å². The van der Waals surface area contributed by atoms with Crippen LogP contribution in [-0.4, -0.2) is 47.8 Å². The Morgan fingerprint density at radius 3 is 2.84 bits per heavy atom. The molecule has 0 spiro atoms. The van der Waals surface area contributed by atoms with Crippen LogP contribution in [0.15, 0.2) is 0 Å². The highest BCUT2D eigenvalue weighted by Gasteiger charge is 2.29. The Bertz CT molecular complexity index is 477. The predicted octanol–water partition coefficient (Wildman–Crippen LogP) is 2.29. The molecular weight excluding hydrogens is 260 g/mol. The summed E-state index contributed by atoms with van der Waals surface area (Å²) in [7, 11) is 2.20. The van der Waals surface area contributed by atoms with Crippen LogP contribution in [0.25, 0.3) is 0 Å². The number of nitrogens with zero attached hydrogens (tertiary/aromatic N) is 4. The first-order valence-corrected chi connectivity index (χ1v) is 7.51. The second-order valence-electron chi connectivity index (χ2n) is 5.77. The maximum absolute atomic E-state index is 6.10. The van der Waals surface area contributed by atoms with Crippen LogP contribution in [0.3, 0.4) is 0 Å². The third-order valence-corrected chi connectivity index (χ3v) is 4.76. The number of anilines is 1. The predicted molar refractivity (Wildman–Crippen MR) is 78.0 cm³/mol. The number of aromatic nitrogens is 2. The zero-order valence-electron chi connectivity index (χ0n) is 11.7. The maximum Gasteiger partial charge on any atom is 0.155 e. The topological polar surface area (TPSA) is 32.3 Å². The highest BCUT2D eigenvalue weighted by Crippen LogP contribution is 2.32. The summed E-state index contributed by atoms with van der Waals surface area (Å²) in [5.41, 5.74) is 2.42. The Hall–Kier alpha value is -0.870. The number of fused-ring (bicyclic) bond motifs is 1. The standard InChI is InChI=1S/C14H21ClN4/c1-10-12-6-4-8-19(14(12)17-16-13(10)15)11-5-3-7-18(2)9-11/h11H,3-9H2,1-2H3/t11-/m1/s1. The van der Waals surface area contributed by atoms with Crippen molar-refractivity contribution >= 4 is 17.4 Å². The molecule has 19 heavy (non-hydrogen) atoms. The van der Waals surface area contributed by atoms with Crippen molar-refractivity contribution in [3.05, 3.63) is 16.3 Å². The fourth-order valence-electron chi connectivity index (χ4n) is 3.33. The molecule has 0 amide bonds. The summed E-state index contributed by atoms with van der Waals surface area (Å²) in [6.45, 7) is 5.50. The van der Waals surface area contributed by atoms with Crippen LogP contribution in [0.4, 0.5) is 5.82 Å². The molecule has 0 radical (unpaired) electrons. The lowest BCUT2D eigenvalue weighted by Crippen LogP contribution is -2.49. The Labute approximate surface area is 119 Å². The molecule has 104 valence electrons. The van der Waals surface area contributed by atoms with E-state index in [0.29, 0.717) is 11.2 Å². The normalized spacial score (nSPS) is 24.4. The van der Waals surface area contributed by atoms with Crippen LogP contribution >= 0.6 is 11.6 Å². The molecule has 4 nitrogen and oxygen atoms in total. The smallest absolute Gasteiger partial charge is 0.155 e. The largest absolute Gasteiger partial charge is 0.351 e. The Balaban J connectivity index is 1.92. The fourth-order valence-corrected chi connectivity index (χ4v) is 3.48. The number of hydrogen-bond donors (Lipinski definition) is 0. The minimum atomic E-state index is 0.557. The molecule has 0 saturated carbocycles. The maximum atomic E-state index is 6.10. The average molecular weight is 281 g/mol. The van der Waals surface area contributed by atoms with E-state index in [9.17, 15) is 0 Å². The summed E-state index contributed by atoms with van der Waals surface area (Å²) in [4.78, 5) is 4.88. The fraction of sp³-hybridized carbons (Fsp3) is 0.714. The van der Waals surface area contributed by atoms with Crippen molar-refractivity contribution in [3.63, 3.8) is 0 Å². The monoisotopic (exact) mass is 280 g/mol. The number of likely N-dealkylation sites (N-methyl/N-ethyl adjacent to an activating group) is 1.